The molecule has 3 aromatic rings. The first-order chi connectivity index (χ1) is 8.25. The Bertz CT molecular complexity index is 673. The van der Waals surface area contributed by atoms with Gasteiger partial charge in [-0.3, -0.25) is 0 Å². The van der Waals surface area contributed by atoms with Gasteiger partial charge in [-0.2, -0.15) is 0 Å². The quantitative estimate of drug-likeness (QED) is 0.643. The van der Waals surface area contributed by atoms with Crippen LogP contribution in [0.25, 0.3) is 11.2 Å². The highest BCUT2D eigenvalue weighted by molar-refractivity contribution is 9.10. The fourth-order valence-corrected chi connectivity index (χ4v) is 2.02. The number of aryl methyl sites for hydroxylation is 1. The van der Waals surface area contributed by atoms with Crippen LogP contribution in [0.15, 0.2) is 47.1 Å². The van der Waals surface area contributed by atoms with Crippen LogP contribution in [0.2, 0.25) is 0 Å². The van der Waals surface area contributed by atoms with E-state index < -0.39 is 0 Å². The standard InChI is InChI=1S/C12H10BrN4/c1-9-12-3-2-8-14-17(12)16(15-9)11-6-4-10(13)5-7-11/h2-8H,1H3/q+1. The minimum absolute atomic E-state index is 0.959. The molecule has 0 spiro atoms. The van der Waals surface area contributed by atoms with E-state index in [1.165, 1.54) is 0 Å². The number of hydrogen-bond donors (Lipinski definition) is 0. The Labute approximate surface area is 107 Å². The molecule has 2 aromatic heterocycles. The normalized spacial score (nSPS) is 10.9. The van der Waals surface area contributed by atoms with Crippen molar-refractivity contribution in [3.8, 4) is 5.69 Å². The molecule has 3 rings (SSSR count). The molecule has 1 aromatic carbocycles. The van der Waals surface area contributed by atoms with Crippen molar-refractivity contribution in [1.29, 1.82) is 0 Å². The van der Waals surface area contributed by atoms with Gasteiger partial charge in [-0.15, -0.1) is 0 Å². The fourth-order valence-electron chi connectivity index (χ4n) is 1.76. The third-order valence-corrected chi connectivity index (χ3v) is 3.11. The first-order valence-corrected chi connectivity index (χ1v) is 6.04. The molecule has 0 saturated carbocycles. The van der Waals surface area contributed by atoms with Gasteiger partial charge in [0.2, 0.25) is 0 Å². The molecule has 0 radical (unpaired) electrons. The van der Waals surface area contributed by atoms with Gasteiger partial charge in [0.05, 0.1) is 0 Å². The Hall–Kier alpha value is -1.75. The summed E-state index contributed by atoms with van der Waals surface area (Å²) in [7, 11) is 0. The van der Waals surface area contributed by atoms with E-state index in [0.29, 0.717) is 0 Å². The van der Waals surface area contributed by atoms with Crippen LogP contribution in [-0.2, 0) is 0 Å². The van der Waals surface area contributed by atoms with Crippen molar-refractivity contribution in [2.24, 2.45) is 0 Å². The summed E-state index contributed by atoms with van der Waals surface area (Å²) in [5.41, 5.74) is 2.95. The lowest BCUT2D eigenvalue weighted by Gasteiger charge is -1.94. The van der Waals surface area contributed by atoms with Gasteiger partial charge in [0, 0.05) is 14.2 Å². The minimum Gasteiger partial charge on any atom is -0.0600 e. The third kappa shape index (κ3) is 1.72. The topological polar surface area (TPSA) is 34.1 Å². The summed E-state index contributed by atoms with van der Waals surface area (Å²) in [6.45, 7) is 1.98. The lowest BCUT2D eigenvalue weighted by Crippen LogP contribution is -2.40. The monoisotopic (exact) mass is 289 g/mol. The van der Waals surface area contributed by atoms with Crippen molar-refractivity contribution >= 4 is 21.4 Å². The highest BCUT2D eigenvalue weighted by Gasteiger charge is 2.15. The van der Waals surface area contributed by atoms with Crippen LogP contribution in [0.5, 0.6) is 0 Å². The lowest BCUT2D eigenvalue weighted by molar-refractivity contribution is -0.730. The summed E-state index contributed by atoms with van der Waals surface area (Å²) in [6, 6.07) is 11.9. The molecule has 5 heteroatoms. The lowest BCUT2D eigenvalue weighted by atomic mass is 10.3. The summed E-state index contributed by atoms with van der Waals surface area (Å²) in [6.07, 6.45) is 1.75. The van der Waals surface area contributed by atoms with Crippen molar-refractivity contribution in [2.75, 3.05) is 0 Å². The van der Waals surface area contributed by atoms with Gasteiger partial charge in [-0.05, 0) is 48.1 Å². The Morgan fingerprint density at radius 2 is 1.94 bits per heavy atom. The molecule has 0 atom stereocenters. The van der Waals surface area contributed by atoms with Gasteiger partial charge < -0.3 is 0 Å². The predicted octanol–water partition coefficient (Wildman–Crippen LogP) is 2.08. The third-order valence-electron chi connectivity index (χ3n) is 2.58. The Morgan fingerprint density at radius 3 is 2.71 bits per heavy atom. The maximum Gasteiger partial charge on any atom is 0.180 e. The molecule has 0 fully saturated rings. The maximum atomic E-state index is 4.49. The van der Waals surface area contributed by atoms with Crippen LogP contribution in [-0.4, -0.2) is 14.8 Å². The summed E-state index contributed by atoms with van der Waals surface area (Å²) in [4.78, 5) is 1.79. The van der Waals surface area contributed by atoms with E-state index in [4.69, 9.17) is 0 Å². The zero-order valence-corrected chi connectivity index (χ0v) is 10.8. The Balaban J connectivity index is 2.27. The molecule has 0 unspecified atom stereocenters. The highest BCUT2D eigenvalue weighted by atomic mass is 79.9. The molecule has 0 saturated heterocycles. The number of fused-ring (bicyclic) bond motifs is 1. The molecule has 2 heterocycles. The molecule has 0 aliphatic carbocycles. The zero-order valence-electron chi connectivity index (χ0n) is 9.21. The molecule has 0 N–H and O–H groups in total. The summed E-state index contributed by atoms with van der Waals surface area (Å²) >= 11 is 3.42. The van der Waals surface area contributed by atoms with E-state index in [2.05, 4.69) is 26.1 Å². The number of rotatable bonds is 1. The van der Waals surface area contributed by atoms with Gasteiger partial charge in [-0.1, -0.05) is 21.0 Å². The Morgan fingerprint density at radius 1 is 1.18 bits per heavy atom. The number of benzene rings is 1. The first-order valence-electron chi connectivity index (χ1n) is 5.24. The van der Waals surface area contributed by atoms with Crippen molar-refractivity contribution < 1.29 is 4.80 Å². The smallest absolute Gasteiger partial charge is 0.0600 e. The zero-order chi connectivity index (χ0) is 11.8. The van der Waals surface area contributed by atoms with Crippen LogP contribution in [0.1, 0.15) is 5.69 Å². The molecule has 84 valence electrons. The predicted molar refractivity (Wildman–Crippen MR) is 67.0 cm³/mol. The average molecular weight is 290 g/mol. The van der Waals surface area contributed by atoms with E-state index in [1.807, 2.05) is 43.3 Å². The van der Waals surface area contributed by atoms with Crippen LogP contribution < -0.4 is 4.80 Å². The number of hydrogen-bond acceptors (Lipinski definition) is 2. The van der Waals surface area contributed by atoms with E-state index in [-0.39, 0.29) is 0 Å². The van der Waals surface area contributed by atoms with E-state index in [1.54, 1.807) is 15.6 Å². The second-order valence-corrected chi connectivity index (χ2v) is 4.67. The molecule has 0 aliphatic heterocycles. The number of nitrogens with zero attached hydrogens (tertiary/aromatic N) is 4. The highest BCUT2D eigenvalue weighted by Crippen LogP contribution is 2.11. The van der Waals surface area contributed by atoms with E-state index >= 15 is 0 Å². The van der Waals surface area contributed by atoms with Crippen LogP contribution in [0.4, 0.5) is 0 Å². The average Bonchev–Trinajstić information content (AvgIpc) is 2.69. The number of aromatic nitrogens is 4. The van der Waals surface area contributed by atoms with Gasteiger partial charge in [0.1, 0.15) is 5.69 Å². The fraction of sp³-hybridized carbons (Fsp3) is 0.0833. The van der Waals surface area contributed by atoms with Gasteiger partial charge in [0.25, 0.3) is 0 Å². The SMILES string of the molecule is Cc1n[n+](-c2ccc(Br)cc2)n2ncccc12. The van der Waals surface area contributed by atoms with Crippen molar-refractivity contribution in [3.05, 3.63) is 52.8 Å². The molecular weight excluding hydrogens is 280 g/mol. The molecule has 4 nitrogen and oxygen atoms in total. The van der Waals surface area contributed by atoms with Crippen LogP contribution in [0.3, 0.4) is 0 Å². The summed E-state index contributed by atoms with van der Waals surface area (Å²) in [5, 5.41) is 8.80. The van der Waals surface area contributed by atoms with Crippen molar-refractivity contribution in [2.45, 2.75) is 6.92 Å². The molecule has 0 amide bonds. The summed E-state index contributed by atoms with van der Waals surface area (Å²) in [5.74, 6) is 0. The Kier molecular flexibility index (Phi) is 2.40. The van der Waals surface area contributed by atoms with E-state index in [9.17, 15) is 0 Å². The van der Waals surface area contributed by atoms with Crippen LogP contribution >= 0.6 is 15.9 Å². The van der Waals surface area contributed by atoms with E-state index in [0.717, 1.165) is 21.4 Å². The maximum absolute atomic E-state index is 4.49. The van der Waals surface area contributed by atoms with Crippen molar-refractivity contribution in [3.63, 3.8) is 0 Å². The second-order valence-electron chi connectivity index (χ2n) is 3.75. The largest absolute Gasteiger partial charge is 0.180 e. The first kappa shape index (κ1) is 10.4. The molecule has 0 bridgehead atoms. The van der Waals surface area contributed by atoms with Crippen molar-refractivity contribution in [1.82, 2.24) is 14.8 Å². The van der Waals surface area contributed by atoms with Gasteiger partial charge >= 0.3 is 0 Å². The molecule has 0 aliphatic rings. The molecule has 17 heavy (non-hydrogen) atoms. The van der Waals surface area contributed by atoms with Gasteiger partial charge in [0.15, 0.2) is 17.4 Å². The van der Waals surface area contributed by atoms with Crippen LogP contribution in [0, 0.1) is 6.92 Å². The number of halogens is 1. The molecular formula is C12H10BrN4+. The summed E-state index contributed by atoms with van der Waals surface area (Å²) < 4.78 is 2.84. The minimum atomic E-state index is 0.959. The van der Waals surface area contributed by atoms with Gasteiger partial charge in [-0.25, -0.2) is 0 Å². The second kappa shape index (κ2) is 3.92.